The zero-order valence-electron chi connectivity index (χ0n) is 6.04. The average molecular weight is 248 g/mol. The molecule has 0 aliphatic carbocycles. The van der Waals surface area contributed by atoms with E-state index >= 15 is 0 Å². The van der Waals surface area contributed by atoms with Crippen molar-refractivity contribution < 1.29 is 8.39 Å². The molecule has 1 aromatic rings. The molecule has 2 rings (SSSR count). The summed E-state index contributed by atoms with van der Waals surface area (Å²) in [4.78, 5) is 0. The number of hydrogen-bond acceptors (Lipinski definition) is 2. The van der Waals surface area contributed by atoms with E-state index in [1.807, 2.05) is 18.2 Å². The lowest BCUT2D eigenvalue weighted by Crippen LogP contribution is -2.26. The number of para-hydroxylation sites is 1. The third-order valence-electron chi connectivity index (χ3n) is 1.59. The highest BCUT2D eigenvalue weighted by molar-refractivity contribution is 9.10. The third-order valence-corrected chi connectivity index (χ3v) is 2.91. The maximum Gasteiger partial charge on any atom is 0.288 e. The lowest BCUT2D eigenvalue weighted by molar-refractivity contribution is 0.521. The fourth-order valence-corrected chi connectivity index (χ4v) is 2.30. The van der Waals surface area contributed by atoms with Crippen LogP contribution in [0.25, 0.3) is 0 Å². The van der Waals surface area contributed by atoms with Gasteiger partial charge in [0.15, 0.2) is 5.75 Å². The van der Waals surface area contributed by atoms with Crippen LogP contribution in [0, 0.1) is 0 Å². The van der Waals surface area contributed by atoms with Crippen molar-refractivity contribution >= 4 is 27.2 Å². The van der Waals surface area contributed by atoms with Gasteiger partial charge in [-0.15, -0.1) is 0 Å². The normalized spacial score (nSPS) is 21.2. The molecule has 0 bridgehead atoms. The highest BCUT2D eigenvalue weighted by Gasteiger charge is 2.17. The molecule has 1 heterocycles. The van der Waals surface area contributed by atoms with Gasteiger partial charge in [0, 0.05) is 12.1 Å². The van der Waals surface area contributed by atoms with Gasteiger partial charge in [-0.1, -0.05) is 12.1 Å². The Morgan fingerprint density at radius 2 is 2.42 bits per heavy atom. The molecule has 0 fully saturated rings. The molecule has 0 saturated heterocycles. The van der Waals surface area contributed by atoms with Crippen molar-refractivity contribution in [2.45, 2.75) is 6.54 Å². The van der Waals surface area contributed by atoms with Crippen molar-refractivity contribution in [3.05, 3.63) is 28.2 Å². The Balaban J connectivity index is 2.50. The Morgan fingerprint density at radius 3 is 3.25 bits per heavy atom. The Hall–Kier alpha value is -0.390. The molecule has 0 amide bonds. The molecular formula is C7H6BrNO2S. The van der Waals surface area contributed by atoms with Gasteiger partial charge in [0.2, 0.25) is 0 Å². The zero-order chi connectivity index (χ0) is 8.55. The fraction of sp³-hybridized carbons (Fsp3) is 0.143. The molecule has 1 aromatic carbocycles. The van der Waals surface area contributed by atoms with Crippen LogP contribution in [-0.2, 0) is 17.8 Å². The van der Waals surface area contributed by atoms with Crippen molar-refractivity contribution in [3.8, 4) is 5.75 Å². The number of fused-ring (bicyclic) bond motifs is 1. The second kappa shape index (κ2) is 3.16. The third kappa shape index (κ3) is 1.39. The van der Waals surface area contributed by atoms with Crippen molar-refractivity contribution in [1.82, 2.24) is 4.72 Å². The summed E-state index contributed by atoms with van der Waals surface area (Å²) in [5.74, 6) is 0.676. The first-order valence-electron chi connectivity index (χ1n) is 3.38. The van der Waals surface area contributed by atoms with E-state index in [1.54, 1.807) is 0 Å². The zero-order valence-corrected chi connectivity index (χ0v) is 8.44. The van der Waals surface area contributed by atoms with Gasteiger partial charge in [0.05, 0.1) is 4.47 Å². The minimum Gasteiger partial charge on any atom is -0.388 e. The van der Waals surface area contributed by atoms with Crippen LogP contribution >= 0.6 is 15.9 Å². The number of halogens is 1. The van der Waals surface area contributed by atoms with Crippen molar-refractivity contribution in [3.63, 3.8) is 0 Å². The Kier molecular flexibility index (Phi) is 2.16. The predicted molar refractivity (Wildman–Crippen MR) is 49.8 cm³/mol. The molecule has 1 aliphatic heterocycles. The summed E-state index contributed by atoms with van der Waals surface area (Å²) in [5, 5.41) is 0. The largest absolute Gasteiger partial charge is 0.388 e. The van der Waals surface area contributed by atoms with E-state index in [2.05, 4.69) is 20.7 Å². The van der Waals surface area contributed by atoms with Crippen LogP contribution in [0.5, 0.6) is 5.75 Å². The van der Waals surface area contributed by atoms with Crippen LogP contribution < -0.4 is 8.91 Å². The summed E-state index contributed by atoms with van der Waals surface area (Å²) >= 11 is 1.93. The SMILES string of the molecule is O=S1NCc2cccc(Br)c2O1. The Bertz CT molecular complexity index is 342. The molecule has 5 heteroatoms. The van der Waals surface area contributed by atoms with Gasteiger partial charge in [0.1, 0.15) is 0 Å². The molecule has 1 unspecified atom stereocenters. The second-order valence-corrected chi connectivity index (χ2v) is 4.15. The quantitative estimate of drug-likeness (QED) is 0.755. The van der Waals surface area contributed by atoms with E-state index in [0.29, 0.717) is 12.3 Å². The van der Waals surface area contributed by atoms with Crippen LogP contribution in [0.4, 0.5) is 0 Å². The van der Waals surface area contributed by atoms with Crippen molar-refractivity contribution in [2.24, 2.45) is 0 Å². The van der Waals surface area contributed by atoms with Crippen LogP contribution in [-0.4, -0.2) is 4.21 Å². The van der Waals surface area contributed by atoms with E-state index < -0.39 is 11.3 Å². The summed E-state index contributed by atoms with van der Waals surface area (Å²) in [6, 6.07) is 5.72. The van der Waals surface area contributed by atoms with E-state index in [4.69, 9.17) is 4.18 Å². The van der Waals surface area contributed by atoms with Gasteiger partial charge in [0.25, 0.3) is 11.3 Å². The first-order chi connectivity index (χ1) is 5.77. The van der Waals surface area contributed by atoms with Crippen LogP contribution in [0.3, 0.4) is 0 Å². The highest BCUT2D eigenvalue weighted by Crippen LogP contribution is 2.31. The molecule has 12 heavy (non-hydrogen) atoms. The van der Waals surface area contributed by atoms with Gasteiger partial charge in [-0.2, -0.15) is 8.93 Å². The highest BCUT2D eigenvalue weighted by atomic mass is 79.9. The second-order valence-electron chi connectivity index (χ2n) is 2.37. The van der Waals surface area contributed by atoms with E-state index in [0.717, 1.165) is 10.0 Å². The smallest absolute Gasteiger partial charge is 0.288 e. The van der Waals surface area contributed by atoms with Crippen molar-refractivity contribution in [1.29, 1.82) is 0 Å². The van der Waals surface area contributed by atoms with Crippen LogP contribution in [0.2, 0.25) is 0 Å². The number of rotatable bonds is 0. The maximum absolute atomic E-state index is 10.9. The molecule has 1 N–H and O–H groups in total. The summed E-state index contributed by atoms with van der Waals surface area (Å²) in [6.45, 7) is 0.585. The fourth-order valence-electron chi connectivity index (χ4n) is 1.03. The molecule has 0 spiro atoms. The van der Waals surface area contributed by atoms with Crippen molar-refractivity contribution in [2.75, 3.05) is 0 Å². The molecule has 1 atom stereocenters. The molecule has 0 aromatic heterocycles. The van der Waals surface area contributed by atoms with E-state index in [-0.39, 0.29) is 0 Å². The number of hydrogen-bond donors (Lipinski definition) is 1. The first-order valence-corrected chi connectivity index (χ1v) is 5.25. The molecular weight excluding hydrogens is 242 g/mol. The van der Waals surface area contributed by atoms with Crippen LogP contribution in [0.15, 0.2) is 22.7 Å². The maximum atomic E-state index is 10.9. The minimum atomic E-state index is -1.39. The summed E-state index contributed by atoms with van der Waals surface area (Å²) in [7, 11) is 0. The number of nitrogens with one attached hydrogen (secondary N) is 1. The summed E-state index contributed by atoms with van der Waals surface area (Å²) in [5.41, 5.74) is 1.02. The van der Waals surface area contributed by atoms with E-state index in [9.17, 15) is 4.21 Å². The first kappa shape index (κ1) is 8.22. The topological polar surface area (TPSA) is 38.3 Å². The monoisotopic (exact) mass is 247 g/mol. The molecule has 0 saturated carbocycles. The summed E-state index contributed by atoms with van der Waals surface area (Å²) in [6.07, 6.45) is 0. The van der Waals surface area contributed by atoms with Gasteiger partial charge < -0.3 is 4.18 Å². The average Bonchev–Trinajstić information content (AvgIpc) is 2.07. The van der Waals surface area contributed by atoms with Crippen LogP contribution in [0.1, 0.15) is 5.56 Å². The summed E-state index contributed by atoms with van der Waals surface area (Å²) < 4.78 is 19.5. The lowest BCUT2D eigenvalue weighted by Gasteiger charge is -2.16. The predicted octanol–water partition coefficient (Wildman–Crippen LogP) is 1.51. The Labute approximate surface area is 81.0 Å². The van der Waals surface area contributed by atoms with Gasteiger partial charge >= 0.3 is 0 Å². The van der Waals surface area contributed by atoms with Gasteiger partial charge in [-0.3, -0.25) is 0 Å². The molecule has 64 valence electrons. The van der Waals surface area contributed by atoms with Gasteiger partial charge in [-0.25, -0.2) is 0 Å². The van der Waals surface area contributed by atoms with E-state index in [1.165, 1.54) is 0 Å². The number of benzene rings is 1. The molecule has 3 nitrogen and oxygen atoms in total. The standard InChI is InChI=1S/C7H6BrNO2S/c8-6-3-1-2-5-4-9-12(10)11-7(5)6/h1-3,9H,4H2. The molecule has 1 aliphatic rings. The molecule has 0 radical (unpaired) electrons. The Morgan fingerprint density at radius 1 is 1.58 bits per heavy atom. The van der Waals surface area contributed by atoms with Gasteiger partial charge in [-0.05, 0) is 22.0 Å². The lowest BCUT2D eigenvalue weighted by atomic mass is 10.2. The minimum absolute atomic E-state index is 0.585.